The summed E-state index contributed by atoms with van der Waals surface area (Å²) in [5, 5.41) is 0. The van der Waals surface area contributed by atoms with Crippen molar-refractivity contribution in [3.8, 4) is 5.75 Å². The molecule has 1 aliphatic heterocycles. The number of ether oxygens (including phenoxy) is 2. The van der Waals surface area contributed by atoms with Crippen LogP contribution in [-0.4, -0.2) is 42.0 Å². The molecule has 1 amide bonds. The fourth-order valence-electron chi connectivity index (χ4n) is 2.77. The molecule has 6 nitrogen and oxygen atoms in total. The number of benzene rings is 1. The lowest BCUT2D eigenvalue weighted by Gasteiger charge is -2.26. The molecule has 1 aliphatic rings. The summed E-state index contributed by atoms with van der Waals surface area (Å²) in [5.74, 6) is -0.0210. The zero-order valence-electron chi connectivity index (χ0n) is 13.6. The Balaban J connectivity index is 1.91. The van der Waals surface area contributed by atoms with Gasteiger partial charge in [0.15, 0.2) is 0 Å². The number of rotatable bonds is 2. The van der Waals surface area contributed by atoms with E-state index in [1.54, 1.807) is 17.0 Å². The quantitative estimate of drug-likeness (QED) is 0.793. The van der Waals surface area contributed by atoms with Crippen molar-refractivity contribution in [3.63, 3.8) is 0 Å². The molecule has 0 saturated carbocycles. The molecular formula is C18H18N2O4. The standard InChI is InChI=1S/C18H18N2O4/c1-12-13-6-3-4-9-16(13)24-11-10-20(12)17(21)14-7-5-8-15(19-14)18(22)23-2/h3-9,12H,10-11H2,1-2H3. The molecule has 1 unspecified atom stereocenters. The monoisotopic (exact) mass is 326 g/mol. The third-order valence-corrected chi connectivity index (χ3v) is 4.05. The van der Waals surface area contributed by atoms with E-state index in [4.69, 9.17) is 4.74 Å². The third-order valence-electron chi connectivity index (χ3n) is 4.05. The highest BCUT2D eigenvalue weighted by Crippen LogP contribution is 2.32. The van der Waals surface area contributed by atoms with E-state index in [-0.39, 0.29) is 23.3 Å². The van der Waals surface area contributed by atoms with Crippen LogP contribution in [0.5, 0.6) is 5.75 Å². The van der Waals surface area contributed by atoms with Gasteiger partial charge in [-0.1, -0.05) is 24.3 Å². The second kappa shape index (κ2) is 6.70. The van der Waals surface area contributed by atoms with Crippen LogP contribution in [0.25, 0.3) is 0 Å². The van der Waals surface area contributed by atoms with Crippen LogP contribution in [0.1, 0.15) is 39.5 Å². The Morgan fingerprint density at radius 1 is 1.17 bits per heavy atom. The van der Waals surface area contributed by atoms with Gasteiger partial charge in [-0.25, -0.2) is 9.78 Å². The number of methoxy groups -OCH3 is 1. The smallest absolute Gasteiger partial charge is 0.356 e. The maximum atomic E-state index is 12.9. The molecular weight excluding hydrogens is 308 g/mol. The summed E-state index contributed by atoms with van der Waals surface area (Å²) in [6, 6.07) is 12.3. The number of aromatic nitrogens is 1. The van der Waals surface area contributed by atoms with Gasteiger partial charge in [-0.3, -0.25) is 4.79 Å². The van der Waals surface area contributed by atoms with Crippen LogP contribution in [0, 0.1) is 0 Å². The summed E-state index contributed by atoms with van der Waals surface area (Å²) in [7, 11) is 1.28. The molecule has 24 heavy (non-hydrogen) atoms. The van der Waals surface area contributed by atoms with Gasteiger partial charge in [0.2, 0.25) is 0 Å². The number of nitrogens with zero attached hydrogens (tertiary/aromatic N) is 2. The molecule has 2 aromatic rings. The van der Waals surface area contributed by atoms with Gasteiger partial charge in [-0.15, -0.1) is 0 Å². The molecule has 2 heterocycles. The van der Waals surface area contributed by atoms with E-state index in [9.17, 15) is 9.59 Å². The molecule has 0 bridgehead atoms. The Morgan fingerprint density at radius 3 is 2.71 bits per heavy atom. The van der Waals surface area contributed by atoms with Crippen molar-refractivity contribution < 1.29 is 19.1 Å². The van der Waals surface area contributed by atoms with Crippen LogP contribution in [0.4, 0.5) is 0 Å². The molecule has 0 saturated heterocycles. The van der Waals surface area contributed by atoms with Crippen molar-refractivity contribution in [2.24, 2.45) is 0 Å². The molecule has 0 spiro atoms. The summed E-state index contributed by atoms with van der Waals surface area (Å²) in [6.07, 6.45) is 0. The lowest BCUT2D eigenvalue weighted by Crippen LogP contribution is -2.35. The SMILES string of the molecule is COC(=O)c1cccc(C(=O)N2CCOc3ccccc3C2C)n1. The van der Waals surface area contributed by atoms with Crippen molar-refractivity contribution in [1.82, 2.24) is 9.88 Å². The fraction of sp³-hybridized carbons (Fsp3) is 0.278. The number of fused-ring (bicyclic) bond motifs is 1. The Hall–Kier alpha value is -2.89. The predicted molar refractivity (Wildman–Crippen MR) is 87.0 cm³/mol. The fourth-order valence-corrected chi connectivity index (χ4v) is 2.77. The Bertz CT molecular complexity index is 775. The first-order valence-electron chi connectivity index (χ1n) is 7.70. The molecule has 3 rings (SSSR count). The molecule has 1 aromatic heterocycles. The highest BCUT2D eigenvalue weighted by Gasteiger charge is 2.28. The van der Waals surface area contributed by atoms with Crippen molar-refractivity contribution >= 4 is 11.9 Å². The van der Waals surface area contributed by atoms with E-state index in [2.05, 4.69) is 9.72 Å². The Labute approximate surface area is 140 Å². The highest BCUT2D eigenvalue weighted by molar-refractivity contribution is 5.94. The van der Waals surface area contributed by atoms with Crippen molar-refractivity contribution in [2.75, 3.05) is 20.3 Å². The predicted octanol–water partition coefficient (Wildman–Crippen LogP) is 2.46. The first kappa shape index (κ1) is 16.0. The topological polar surface area (TPSA) is 68.7 Å². The number of esters is 1. The third kappa shape index (κ3) is 2.95. The van der Waals surface area contributed by atoms with Gasteiger partial charge in [0, 0.05) is 5.56 Å². The van der Waals surface area contributed by atoms with Crippen molar-refractivity contribution in [3.05, 3.63) is 59.4 Å². The molecule has 0 fully saturated rings. The van der Waals surface area contributed by atoms with E-state index in [1.165, 1.54) is 13.2 Å². The van der Waals surface area contributed by atoms with Crippen LogP contribution in [0.2, 0.25) is 0 Å². The van der Waals surface area contributed by atoms with Gasteiger partial charge >= 0.3 is 5.97 Å². The van der Waals surface area contributed by atoms with E-state index in [0.717, 1.165) is 11.3 Å². The van der Waals surface area contributed by atoms with Crippen LogP contribution >= 0.6 is 0 Å². The second-order valence-electron chi connectivity index (χ2n) is 5.46. The van der Waals surface area contributed by atoms with Crippen LogP contribution in [-0.2, 0) is 4.74 Å². The lowest BCUT2D eigenvalue weighted by atomic mass is 10.1. The van der Waals surface area contributed by atoms with Crippen molar-refractivity contribution in [2.45, 2.75) is 13.0 Å². The van der Waals surface area contributed by atoms with Crippen LogP contribution in [0.15, 0.2) is 42.5 Å². The molecule has 0 aliphatic carbocycles. The Kier molecular flexibility index (Phi) is 4.46. The van der Waals surface area contributed by atoms with Gasteiger partial charge < -0.3 is 14.4 Å². The average Bonchev–Trinajstić information content (AvgIpc) is 2.80. The number of carbonyl (C=O) groups is 2. The number of para-hydroxylation sites is 1. The minimum absolute atomic E-state index is 0.113. The van der Waals surface area contributed by atoms with E-state index in [1.807, 2.05) is 31.2 Å². The normalized spacial score (nSPS) is 16.6. The first-order chi connectivity index (χ1) is 11.6. The molecule has 6 heteroatoms. The second-order valence-corrected chi connectivity index (χ2v) is 5.46. The zero-order chi connectivity index (χ0) is 17.1. The number of carbonyl (C=O) groups excluding carboxylic acids is 2. The number of hydrogen-bond acceptors (Lipinski definition) is 5. The molecule has 1 atom stereocenters. The minimum Gasteiger partial charge on any atom is -0.491 e. The summed E-state index contributed by atoms with van der Waals surface area (Å²) in [5.41, 5.74) is 1.28. The number of amides is 1. The summed E-state index contributed by atoms with van der Waals surface area (Å²) >= 11 is 0. The minimum atomic E-state index is -0.567. The highest BCUT2D eigenvalue weighted by atomic mass is 16.5. The Morgan fingerprint density at radius 2 is 1.92 bits per heavy atom. The summed E-state index contributed by atoms with van der Waals surface area (Å²) in [4.78, 5) is 30.3. The van der Waals surface area contributed by atoms with E-state index >= 15 is 0 Å². The van der Waals surface area contributed by atoms with Crippen molar-refractivity contribution in [1.29, 1.82) is 0 Å². The summed E-state index contributed by atoms with van der Waals surface area (Å²) < 4.78 is 10.4. The number of pyridine rings is 1. The lowest BCUT2D eigenvalue weighted by molar-refractivity contribution is 0.0593. The van der Waals surface area contributed by atoms with Gasteiger partial charge in [-0.2, -0.15) is 0 Å². The number of hydrogen-bond donors (Lipinski definition) is 0. The van der Waals surface area contributed by atoms with E-state index < -0.39 is 5.97 Å². The molecule has 0 radical (unpaired) electrons. The summed E-state index contributed by atoms with van der Waals surface area (Å²) in [6.45, 7) is 2.80. The molecule has 1 aromatic carbocycles. The largest absolute Gasteiger partial charge is 0.491 e. The van der Waals surface area contributed by atoms with Gasteiger partial charge in [-0.05, 0) is 25.1 Å². The van der Waals surface area contributed by atoms with Gasteiger partial charge in [0.05, 0.1) is 19.7 Å². The van der Waals surface area contributed by atoms with Crippen LogP contribution in [0.3, 0.4) is 0 Å². The molecule has 124 valence electrons. The van der Waals surface area contributed by atoms with Crippen LogP contribution < -0.4 is 4.74 Å². The maximum absolute atomic E-state index is 12.9. The zero-order valence-corrected chi connectivity index (χ0v) is 13.6. The average molecular weight is 326 g/mol. The van der Waals surface area contributed by atoms with E-state index in [0.29, 0.717) is 13.2 Å². The molecule has 0 N–H and O–H groups in total. The first-order valence-corrected chi connectivity index (χ1v) is 7.70. The maximum Gasteiger partial charge on any atom is 0.356 e. The van der Waals surface area contributed by atoms with Gasteiger partial charge in [0.25, 0.3) is 5.91 Å². The van der Waals surface area contributed by atoms with Gasteiger partial charge in [0.1, 0.15) is 23.7 Å².